The summed E-state index contributed by atoms with van der Waals surface area (Å²) in [5, 5.41) is 3.23. The molecular weight excluding hydrogens is 192 g/mol. The van der Waals surface area contributed by atoms with Crippen molar-refractivity contribution in [2.24, 2.45) is 5.73 Å². The van der Waals surface area contributed by atoms with Crippen LogP contribution in [0.2, 0.25) is 0 Å². The van der Waals surface area contributed by atoms with E-state index in [1.165, 1.54) is 38.1 Å². The lowest BCUT2D eigenvalue weighted by molar-refractivity contribution is 0.0999. The predicted octanol–water partition coefficient (Wildman–Crippen LogP) is 0.930. The number of nitrogens with zero attached hydrogens (tertiary/aromatic N) is 2. The van der Waals surface area contributed by atoms with Gasteiger partial charge >= 0.3 is 0 Å². The van der Waals surface area contributed by atoms with Gasteiger partial charge in [-0.2, -0.15) is 0 Å². The molecule has 0 aromatic carbocycles. The Kier molecular flexibility index (Phi) is 2.80. The number of rotatable bonds is 3. The first-order valence-electron chi connectivity index (χ1n) is 5.14. The predicted molar refractivity (Wildman–Crippen MR) is 56.4 cm³/mol. The highest BCUT2D eigenvalue weighted by Crippen LogP contribution is 2.20. The highest BCUT2D eigenvalue weighted by Gasteiger charge is 2.15. The van der Waals surface area contributed by atoms with Crippen LogP contribution in [0.25, 0.3) is 0 Å². The van der Waals surface area contributed by atoms with Crippen LogP contribution in [0.3, 0.4) is 0 Å². The van der Waals surface area contributed by atoms with Gasteiger partial charge in [-0.3, -0.25) is 4.79 Å². The van der Waals surface area contributed by atoms with Crippen LogP contribution >= 0.6 is 0 Å². The van der Waals surface area contributed by atoms with E-state index in [2.05, 4.69) is 15.3 Å². The van der Waals surface area contributed by atoms with E-state index in [4.69, 9.17) is 5.73 Å². The van der Waals surface area contributed by atoms with E-state index in [0.29, 0.717) is 17.6 Å². The van der Waals surface area contributed by atoms with Crippen LogP contribution in [0.15, 0.2) is 12.4 Å². The smallest absolute Gasteiger partial charge is 0.251 e. The average molecular weight is 206 g/mol. The molecule has 0 unspecified atom stereocenters. The molecule has 80 valence electrons. The number of hydrogen-bond donors (Lipinski definition) is 2. The molecule has 0 radical (unpaired) electrons. The van der Waals surface area contributed by atoms with Crippen molar-refractivity contribution in [3.05, 3.63) is 18.0 Å². The van der Waals surface area contributed by atoms with Gasteiger partial charge in [0.2, 0.25) is 5.95 Å². The van der Waals surface area contributed by atoms with Gasteiger partial charge in [0.1, 0.15) is 0 Å². The fraction of sp³-hybridized carbons (Fsp3) is 0.500. The van der Waals surface area contributed by atoms with Crippen molar-refractivity contribution in [1.29, 1.82) is 0 Å². The Balaban J connectivity index is 2.00. The summed E-state index contributed by atoms with van der Waals surface area (Å²) < 4.78 is 0. The van der Waals surface area contributed by atoms with Gasteiger partial charge in [0, 0.05) is 18.4 Å². The van der Waals surface area contributed by atoms with E-state index in [9.17, 15) is 4.79 Å². The summed E-state index contributed by atoms with van der Waals surface area (Å²) in [5.74, 6) is 0.0781. The number of nitrogens with two attached hydrogens (primary N) is 1. The zero-order valence-electron chi connectivity index (χ0n) is 8.44. The van der Waals surface area contributed by atoms with Crippen molar-refractivity contribution in [2.45, 2.75) is 31.7 Å². The van der Waals surface area contributed by atoms with Gasteiger partial charge in [0.05, 0.1) is 5.56 Å². The third-order valence-corrected chi connectivity index (χ3v) is 2.62. The monoisotopic (exact) mass is 206 g/mol. The molecule has 1 fully saturated rings. The molecule has 2 rings (SSSR count). The lowest BCUT2D eigenvalue weighted by atomic mass is 10.2. The zero-order chi connectivity index (χ0) is 10.7. The maximum Gasteiger partial charge on any atom is 0.251 e. The van der Waals surface area contributed by atoms with Crippen LogP contribution in [0, 0.1) is 0 Å². The van der Waals surface area contributed by atoms with Crippen LogP contribution in [0.5, 0.6) is 0 Å². The van der Waals surface area contributed by atoms with Gasteiger partial charge in [-0.25, -0.2) is 9.97 Å². The fourth-order valence-electron chi connectivity index (χ4n) is 1.78. The molecule has 3 N–H and O–H groups in total. The highest BCUT2D eigenvalue weighted by molar-refractivity contribution is 5.92. The normalized spacial score (nSPS) is 16.5. The van der Waals surface area contributed by atoms with Gasteiger partial charge in [0.25, 0.3) is 5.91 Å². The summed E-state index contributed by atoms with van der Waals surface area (Å²) in [6, 6.07) is 0.476. The number of nitrogens with one attached hydrogen (secondary N) is 1. The molecule has 0 atom stereocenters. The average Bonchev–Trinajstić information content (AvgIpc) is 2.71. The first-order chi connectivity index (χ1) is 7.25. The molecule has 1 heterocycles. The first kappa shape index (κ1) is 9.89. The van der Waals surface area contributed by atoms with Crippen molar-refractivity contribution in [2.75, 3.05) is 5.32 Å². The Morgan fingerprint density at radius 3 is 2.47 bits per heavy atom. The second kappa shape index (κ2) is 4.25. The van der Waals surface area contributed by atoms with Crippen LogP contribution in [-0.4, -0.2) is 21.9 Å². The summed E-state index contributed by atoms with van der Waals surface area (Å²) in [6.07, 6.45) is 7.76. The van der Waals surface area contributed by atoms with E-state index >= 15 is 0 Å². The maximum atomic E-state index is 10.8. The van der Waals surface area contributed by atoms with Gasteiger partial charge in [-0.1, -0.05) is 12.8 Å². The molecule has 5 nitrogen and oxygen atoms in total. The molecule has 1 amide bonds. The second-order valence-corrected chi connectivity index (χ2v) is 3.79. The number of amides is 1. The quantitative estimate of drug-likeness (QED) is 0.770. The Bertz CT molecular complexity index is 343. The molecule has 1 aliphatic rings. The molecular formula is C10H14N4O. The van der Waals surface area contributed by atoms with E-state index in [1.54, 1.807) is 0 Å². The summed E-state index contributed by atoms with van der Waals surface area (Å²) in [5.41, 5.74) is 5.43. The summed E-state index contributed by atoms with van der Waals surface area (Å²) in [4.78, 5) is 18.9. The zero-order valence-corrected chi connectivity index (χ0v) is 8.44. The van der Waals surface area contributed by atoms with Gasteiger partial charge in [0.15, 0.2) is 0 Å². The Morgan fingerprint density at radius 1 is 1.33 bits per heavy atom. The minimum absolute atomic E-state index is 0.340. The van der Waals surface area contributed by atoms with E-state index in [-0.39, 0.29) is 0 Å². The van der Waals surface area contributed by atoms with Gasteiger partial charge < -0.3 is 11.1 Å². The Morgan fingerprint density at radius 2 is 1.93 bits per heavy atom. The van der Waals surface area contributed by atoms with Crippen molar-refractivity contribution >= 4 is 11.9 Å². The molecule has 0 bridgehead atoms. The third-order valence-electron chi connectivity index (χ3n) is 2.62. The lowest BCUT2D eigenvalue weighted by Gasteiger charge is -2.10. The molecule has 0 aliphatic heterocycles. The summed E-state index contributed by atoms with van der Waals surface area (Å²) >= 11 is 0. The second-order valence-electron chi connectivity index (χ2n) is 3.79. The lowest BCUT2D eigenvalue weighted by Crippen LogP contribution is -2.17. The number of aromatic nitrogens is 2. The van der Waals surface area contributed by atoms with Crippen molar-refractivity contribution < 1.29 is 4.79 Å². The Hall–Kier alpha value is -1.65. The molecule has 5 heteroatoms. The van der Waals surface area contributed by atoms with Crippen LogP contribution in [-0.2, 0) is 0 Å². The maximum absolute atomic E-state index is 10.8. The van der Waals surface area contributed by atoms with Gasteiger partial charge in [-0.15, -0.1) is 0 Å². The van der Waals surface area contributed by atoms with Crippen LogP contribution in [0.4, 0.5) is 5.95 Å². The largest absolute Gasteiger partial charge is 0.366 e. The number of carbonyl (C=O) groups is 1. The summed E-state index contributed by atoms with van der Waals surface area (Å²) in [7, 11) is 0. The number of primary amides is 1. The summed E-state index contributed by atoms with van der Waals surface area (Å²) in [6.45, 7) is 0. The van der Waals surface area contributed by atoms with Crippen molar-refractivity contribution in [3.8, 4) is 0 Å². The SMILES string of the molecule is NC(=O)c1cnc(NC2CCCC2)nc1. The van der Waals surface area contributed by atoms with Crippen LogP contribution in [0.1, 0.15) is 36.0 Å². The van der Waals surface area contributed by atoms with Crippen molar-refractivity contribution in [3.63, 3.8) is 0 Å². The molecule has 0 saturated heterocycles. The van der Waals surface area contributed by atoms with E-state index < -0.39 is 5.91 Å². The van der Waals surface area contributed by atoms with Gasteiger partial charge in [-0.05, 0) is 12.8 Å². The Labute approximate surface area is 88.1 Å². The molecule has 1 aliphatic carbocycles. The molecule has 15 heavy (non-hydrogen) atoms. The number of carbonyl (C=O) groups excluding carboxylic acids is 1. The third kappa shape index (κ3) is 2.43. The topological polar surface area (TPSA) is 80.9 Å². The number of anilines is 1. The first-order valence-corrected chi connectivity index (χ1v) is 5.14. The van der Waals surface area contributed by atoms with E-state index in [0.717, 1.165) is 0 Å². The van der Waals surface area contributed by atoms with E-state index in [1.807, 2.05) is 0 Å². The molecule has 1 saturated carbocycles. The fourth-order valence-corrected chi connectivity index (χ4v) is 1.78. The van der Waals surface area contributed by atoms with Crippen molar-refractivity contribution in [1.82, 2.24) is 9.97 Å². The number of hydrogen-bond acceptors (Lipinski definition) is 4. The minimum atomic E-state index is -0.498. The highest BCUT2D eigenvalue weighted by atomic mass is 16.1. The standard InChI is InChI=1S/C10H14N4O/c11-9(15)7-5-12-10(13-6-7)14-8-3-1-2-4-8/h5-6,8H,1-4H2,(H2,11,15)(H,12,13,14). The van der Waals surface area contributed by atoms with Crippen LogP contribution < -0.4 is 11.1 Å². The molecule has 1 aromatic heterocycles. The minimum Gasteiger partial charge on any atom is -0.366 e. The molecule has 1 aromatic rings. The molecule has 0 spiro atoms.